The fourth-order valence-electron chi connectivity index (χ4n) is 6.83. The smallest absolute Gasteiger partial charge is 0.230 e. The maximum atomic E-state index is 13.1. The topological polar surface area (TPSA) is 69.0 Å². The molecule has 0 saturated heterocycles. The van der Waals surface area contributed by atoms with Crippen LogP contribution in [0.1, 0.15) is 38.5 Å². The van der Waals surface area contributed by atoms with Crippen LogP contribution in [0.3, 0.4) is 0 Å². The number of nitrogens with zero attached hydrogens (tertiary/aromatic N) is 3. The Labute approximate surface area is 204 Å². The molecule has 4 aliphatic rings. The van der Waals surface area contributed by atoms with Gasteiger partial charge >= 0.3 is 0 Å². The van der Waals surface area contributed by atoms with Gasteiger partial charge in [-0.1, -0.05) is 30.0 Å². The molecule has 4 bridgehead atoms. The Morgan fingerprint density at radius 3 is 2.26 bits per heavy atom. The number of ether oxygens (including phenoxy) is 1. The zero-order chi connectivity index (χ0) is 23.1. The van der Waals surface area contributed by atoms with E-state index < -0.39 is 0 Å². The average molecular weight is 475 g/mol. The molecule has 1 amide bonds. The number of thioether (sulfide) groups is 1. The van der Waals surface area contributed by atoms with Crippen LogP contribution >= 0.6 is 11.8 Å². The molecule has 0 aliphatic heterocycles. The van der Waals surface area contributed by atoms with Gasteiger partial charge in [-0.25, -0.2) is 0 Å². The third kappa shape index (κ3) is 4.11. The summed E-state index contributed by atoms with van der Waals surface area (Å²) >= 11 is 1.45. The van der Waals surface area contributed by atoms with Crippen LogP contribution in [0.2, 0.25) is 0 Å². The van der Waals surface area contributed by atoms with E-state index in [-0.39, 0.29) is 11.4 Å². The largest absolute Gasteiger partial charge is 0.497 e. The molecule has 176 valence electrons. The van der Waals surface area contributed by atoms with Gasteiger partial charge in [-0.3, -0.25) is 9.36 Å². The summed E-state index contributed by atoms with van der Waals surface area (Å²) in [5.41, 5.74) is 1.96. The normalized spacial score (nSPS) is 27.0. The molecule has 0 atom stereocenters. The second-order valence-electron chi connectivity index (χ2n) is 10.2. The van der Waals surface area contributed by atoms with E-state index in [1.807, 2.05) is 59.2 Å². The lowest BCUT2D eigenvalue weighted by atomic mass is 9.53. The molecule has 4 aliphatic carbocycles. The molecule has 3 aromatic rings. The summed E-state index contributed by atoms with van der Waals surface area (Å²) in [6.45, 7) is 0. The van der Waals surface area contributed by atoms with Crippen LogP contribution in [0.5, 0.6) is 5.75 Å². The Morgan fingerprint density at radius 1 is 1.00 bits per heavy atom. The zero-order valence-electron chi connectivity index (χ0n) is 19.4. The first-order valence-corrected chi connectivity index (χ1v) is 13.2. The van der Waals surface area contributed by atoms with Crippen molar-refractivity contribution in [2.45, 2.75) is 49.2 Å². The predicted octanol–water partition coefficient (Wildman–Crippen LogP) is 5.12. The lowest BCUT2D eigenvalue weighted by Gasteiger charge is -2.56. The number of hydrogen-bond acceptors (Lipinski definition) is 5. The van der Waals surface area contributed by atoms with Crippen molar-refractivity contribution in [3.63, 3.8) is 0 Å². The highest BCUT2D eigenvalue weighted by Crippen LogP contribution is 2.55. The molecule has 6 nitrogen and oxygen atoms in total. The monoisotopic (exact) mass is 474 g/mol. The van der Waals surface area contributed by atoms with Gasteiger partial charge in [0.05, 0.1) is 12.9 Å². The van der Waals surface area contributed by atoms with Crippen molar-refractivity contribution < 1.29 is 9.53 Å². The minimum absolute atomic E-state index is 0.0355. The van der Waals surface area contributed by atoms with Crippen molar-refractivity contribution in [1.29, 1.82) is 0 Å². The second kappa shape index (κ2) is 8.77. The van der Waals surface area contributed by atoms with Crippen molar-refractivity contribution in [2.75, 3.05) is 12.9 Å². The number of para-hydroxylation sites is 1. The van der Waals surface area contributed by atoms with Crippen LogP contribution in [-0.2, 0) is 4.79 Å². The maximum absolute atomic E-state index is 13.1. The van der Waals surface area contributed by atoms with Gasteiger partial charge in [0.15, 0.2) is 11.0 Å². The fraction of sp³-hybridized carbons (Fsp3) is 0.444. The third-order valence-electron chi connectivity index (χ3n) is 7.77. The van der Waals surface area contributed by atoms with Gasteiger partial charge < -0.3 is 10.1 Å². The Balaban J connectivity index is 1.21. The summed E-state index contributed by atoms with van der Waals surface area (Å²) in [6, 6.07) is 17.9. The SMILES string of the molecule is COc1ccc(-c2nnc(SCC(=O)NC34CC5CC(CC(C5)C3)C4)n2-c2ccccc2)cc1. The summed E-state index contributed by atoms with van der Waals surface area (Å²) in [7, 11) is 1.66. The van der Waals surface area contributed by atoms with E-state index in [4.69, 9.17) is 4.74 Å². The van der Waals surface area contributed by atoms with Crippen LogP contribution in [0.25, 0.3) is 17.1 Å². The van der Waals surface area contributed by atoms with E-state index in [0.29, 0.717) is 5.75 Å². The molecule has 2 aromatic carbocycles. The quantitative estimate of drug-likeness (QED) is 0.482. The van der Waals surface area contributed by atoms with E-state index in [0.717, 1.165) is 65.0 Å². The highest BCUT2D eigenvalue weighted by atomic mass is 32.2. The van der Waals surface area contributed by atoms with Gasteiger partial charge in [0, 0.05) is 16.8 Å². The first-order valence-electron chi connectivity index (χ1n) is 12.2. The molecule has 0 spiro atoms. The first-order chi connectivity index (χ1) is 16.6. The molecule has 1 aromatic heterocycles. The van der Waals surface area contributed by atoms with E-state index in [1.54, 1.807) is 7.11 Å². The van der Waals surface area contributed by atoms with Gasteiger partial charge in [0.2, 0.25) is 5.91 Å². The number of rotatable bonds is 7. The number of carbonyl (C=O) groups excluding carboxylic acids is 1. The number of hydrogen-bond donors (Lipinski definition) is 1. The summed E-state index contributed by atoms with van der Waals surface area (Å²) in [5, 5.41) is 13.2. The molecule has 34 heavy (non-hydrogen) atoms. The van der Waals surface area contributed by atoms with Gasteiger partial charge in [0.25, 0.3) is 0 Å². The van der Waals surface area contributed by atoms with Crippen LogP contribution < -0.4 is 10.1 Å². The maximum Gasteiger partial charge on any atom is 0.230 e. The highest BCUT2D eigenvalue weighted by Gasteiger charge is 2.51. The summed E-state index contributed by atoms with van der Waals surface area (Å²) in [4.78, 5) is 13.1. The van der Waals surface area contributed by atoms with Crippen LogP contribution in [0, 0.1) is 17.8 Å². The summed E-state index contributed by atoms with van der Waals surface area (Å²) in [6.07, 6.45) is 7.61. The number of methoxy groups -OCH3 is 1. The van der Waals surface area contributed by atoms with Crippen molar-refractivity contribution >= 4 is 17.7 Å². The molecule has 1 heterocycles. The minimum Gasteiger partial charge on any atom is -0.497 e. The fourth-order valence-corrected chi connectivity index (χ4v) is 7.58. The van der Waals surface area contributed by atoms with Crippen molar-refractivity contribution in [3.05, 3.63) is 54.6 Å². The molecule has 4 saturated carbocycles. The van der Waals surface area contributed by atoms with Gasteiger partial charge in [-0.05, 0) is 92.7 Å². The molecular formula is C27H30N4O2S. The lowest BCUT2D eigenvalue weighted by Crippen LogP contribution is -2.60. The highest BCUT2D eigenvalue weighted by molar-refractivity contribution is 7.99. The first kappa shape index (κ1) is 21.7. The number of benzene rings is 2. The van der Waals surface area contributed by atoms with Crippen molar-refractivity contribution in [2.24, 2.45) is 17.8 Å². The van der Waals surface area contributed by atoms with Crippen molar-refractivity contribution in [3.8, 4) is 22.8 Å². The Morgan fingerprint density at radius 2 is 1.65 bits per heavy atom. The molecule has 7 rings (SSSR count). The second-order valence-corrected chi connectivity index (χ2v) is 11.2. The minimum atomic E-state index is 0.0355. The van der Waals surface area contributed by atoms with E-state index in [1.165, 1.54) is 31.0 Å². The molecule has 0 radical (unpaired) electrons. The van der Waals surface area contributed by atoms with Crippen LogP contribution in [0.15, 0.2) is 59.8 Å². The van der Waals surface area contributed by atoms with E-state index in [9.17, 15) is 4.79 Å². The number of carbonyl (C=O) groups is 1. The summed E-state index contributed by atoms with van der Waals surface area (Å²) < 4.78 is 7.33. The average Bonchev–Trinajstić information content (AvgIpc) is 3.26. The molecule has 1 N–H and O–H groups in total. The Kier molecular flexibility index (Phi) is 5.60. The van der Waals surface area contributed by atoms with Gasteiger partial charge in [-0.15, -0.1) is 10.2 Å². The Bertz CT molecular complexity index is 1140. The summed E-state index contributed by atoms with van der Waals surface area (Å²) in [5.74, 6) is 4.44. The van der Waals surface area contributed by atoms with Gasteiger partial charge in [-0.2, -0.15) is 0 Å². The van der Waals surface area contributed by atoms with E-state index >= 15 is 0 Å². The zero-order valence-corrected chi connectivity index (χ0v) is 20.3. The number of aromatic nitrogens is 3. The van der Waals surface area contributed by atoms with E-state index in [2.05, 4.69) is 15.5 Å². The number of amides is 1. The third-order valence-corrected chi connectivity index (χ3v) is 8.70. The molecule has 0 unspecified atom stereocenters. The molecule has 4 fully saturated rings. The molecule has 7 heteroatoms. The Hall–Kier alpha value is -2.80. The molecular weight excluding hydrogens is 444 g/mol. The van der Waals surface area contributed by atoms with Gasteiger partial charge in [0.1, 0.15) is 5.75 Å². The van der Waals surface area contributed by atoms with Crippen molar-refractivity contribution in [1.82, 2.24) is 20.1 Å². The standard InChI is InChI=1S/C27H30N4O2S/c1-33-23-9-7-21(8-10-23)25-29-30-26(31(25)22-5-3-2-4-6-22)34-17-24(32)28-27-14-18-11-19(15-27)13-20(12-18)16-27/h2-10,18-20H,11-17H2,1H3,(H,28,32). The predicted molar refractivity (Wildman–Crippen MR) is 133 cm³/mol. The lowest BCUT2D eigenvalue weighted by molar-refractivity contribution is -0.124. The number of nitrogens with one attached hydrogen (secondary N) is 1. The van der Waals surface area contributed by atoms with Crippen LogP contribution in [-0.4, -0.2) is 39.1 Å². The van der Waals surface area contributed by atoms with Crippen LogP contribution in [0.4, 0.5) is 0 Å².